The third kappa shape index (κ3) is 3.10. The van der Waals surface area contributed by atoms with E-state index in [0.717, 1.165) is 11.5 Å². The largest absolute Gasteiger partial charge is 0.485 e. The minimum absolute atomic E-state index is 0.0797. The lowest BCUT2D eigenvalue weighted by atomic mass is 10.3. The molecule has 2 rings (SSSR count). The van der Waals surface area contributed by atoms with Crippen LogP contribution in [-0.4, -0.2) is 55.5 Å². The summed E-state index contributed by atoms with van der Waals surface area (Å²) in [6.45, 7) is 1.17. The van der Waals surface area contributed by atoms with Gasteiger partial charge in [0.15, 0.2) is 24.1 Å². The van der Waals surface area contributed by atoms with E-state index in [-0.39, 0.29) is 12.6 Å². The van der Waals surface area contributed by atoms with E-state index in [9.17, 15) is 4.79 Å². The maximum absolute atomic E-state index is 10.7. The van der Waals surface area contributed by atoms with Crippen molar-refractivity contribution in [2.75, 3.05) is 33.8 Å². The molecule has 1 unspecified atom stereocenters. The Balaban J connectivity index is 1.95. The van der Waals surface area contributed by atoms with Gasteiger partial charge in [0.1, 0.15) is 13.2 Å². The predicted octanol–water partition coefficient (Wildman–Crippen LogP) is 1.05. The van der Waals surface area contributed by atoms with Crippen LogP contribution < -0.4 is 9.47 Å². The molecule has 0 spiro atoms. The summed E-state index contributed by atoms with van der Waals surface area (Å²) in [5.41, 5.74) is 0. The lowest BCUT2D eigenvalue weighted by Crippen LogP contribution is -2.51. The molecule has 1 N–H and O–H groups in total. The zero-order valence-electron chi connectivity index (χ0n) is 9.88. The fourth-order valence-electron chi connectivity index (χ4n) is 1.93. The van der Waals surface area contributed by atoms with E-state index in [1.807, 2.05) is 24.9 Å². The topological polar surface area (TPSA) is 55.8 Å². The molecular weight excluding hydrogens is 242 g/mol. The van der Waals surface area contributed by atoms with Crippen LogP contribution in [0.3, 0.4) is 0 Å². The van der Waals surface area contributed by atoms with Crippen LogP contribution in [0.25, 0.3) is 0 Å². The van der Waals surface area contributed by atoms with Gasteiger partial charge >= 0.3 is 5.97 Å². The number of carboxylic acids is 1. The van der Waals surface area contributed by atoms with Gasteiger partial charge in [0.2, 0.25) is 0 Å². The monoisotopic (exact) mass is 258 g/mol. The number of likely N-dealkylation sites (N-methyl/N-ethyl adjacent to an activating group) is 1. The second-order valence-corrected chi connectivity index (χ2v) is 5.56. The van der Waals surface area contributed by atoms with Crippen molar-refractivity contribution in [1.82, 2.24) is 0 Å². The second-order valence-electron chi connectivity index (χ2n) is 4.82. The van der Waals surface area contributed by atoms with Crippen LogP contribution in [0.2, 0.25) is 0 Å². The minimum atomic E-state index is -0.803. The maximum Gasteiger partial charge on any atom is 0.359 e. The van der Waals surface area contributed by atoms with Crippen molar-refractivity contribution in [2.24, 2.45) is 0 Å². The average Bonchev–Trinajstić information content (AvgIpc) is 2.61. The predicted molar refractivity (Wildman–Crippen MR) is 63.7 cm³/mol. The maximum atomic E-state index is 10.7. The molecule has 1 aliphatic heterocycles. The summed E-state index contributed by atoms with van der Waals surface area (Å²) in [7, 11) is 3.75. The quantitative estimate of drug-likeness (QED) is 0.820. The summed E-state index contributed by atoms with van der Waals surface area (Å²) in [5.74, 6) is 0.749. The van der Waals surface area contributed by atoms with Crippen molar-refractivity contribution in [3.63, 3.8) is 0 Å². The lowest BCUT2D eigenvalue weighted by Gasteiger charge is -2.33. The van der Waals surface area contributed by atoms with E-state index < -0.39 is 5.97 Å². The number of thiophene rings is 1. The third-order valence-electron chi connectivity index (χ3n) is 2.57. The number of aliphatic carboxylic acids is 1. The highest BCUT2D eigenvalue weighted by Gasteiger charge is 2.30. The summed E-state index contributed by atoms with van der Waals surface area (Å²) in [6, 6.07) is 0. The Kier molecular flexibility index (Phi) is 3.26. The molecule has 1 aliphatic rings. The number of quaternary nitrogens is 1. The highest BCUT2D eigenvalue weighted by atomic mass is 32.1. The van der Waals surface area contributed by atoms with E-state index in [1.165, 1.54) is 11.3 Å². The van der Waals surface area contributed by atoms with E-state index in [0.29, 0.717) is 17.6 Å². The first kappa shape index (κ1) is 12.2. The molecule has 0 radical (unpaired) electrons. The van der Waals surface area contributed by atoms with Crippen molar-refractivity contribution in [3.05, 3.63) is 10.8 Å². The van der Waals surface area contributed by atoms with Gasteiger partial charge in [0.05, 0.1) is 14.1 Å². The number of carboxylic acid groups (broad SMARTS) is 1. The van der Waals surface area contributed by atoms with E-state index in [4.69, 9.17) is 14.6 Å². The van der Waals surface area contributed by atoms with Crippen LogP contribution in [0.4, 0.5) is 0 Å². The number of hydrogen-bond acceptors (Lipinski definition) is 4. The van der Waals surface area contributed by atoms with E-state index in [2.05, 4.69) is 0 Å². The highest BCUT2D eigenvalue weighted by molar-refractivity contribution is 7.08. The molecule has 0 aliphatic carbocycles. The van der Waals surface area contributed by atoms with Gasteiger partial charge in [0.25, 0.3) is 0 Å². The van der Waals surface area contributed by atoms with E-state index >= 15 is 0 Å². The van der Waals surface area contributed by atoms with Gasteiger partial charge in [-0.05, 0) is 0 Å². The van der Waals surface area contributed by atoms with Crippen LogP contribution >= 0.6 is 11.3 Å². The molecule has 0 aromatic carbocycles. The third-order valence-corrected chi connectivity index (χ3v) is 3.27. The molecule has 0 amide bonds. The number of nitrogens with zero attached hydrogens (tertiary/aromatic N) is 1. The summed E-state index contributed by atoms with van der Waals surface area (Å²) >= 11 is 1.54. The molecule has 0 fully saturated rings. The SMILES string of the molecule is C[N+](C)(CC(=O)O)CC1COc2cscc2O1. The molecule has 1 aromatic rings. The Labute approximate surface area is 104 Å². The normalized spacial score (nSPS) is 19.1. The Morgan fingerprint density at radius 1 is 1.53 bits per heavy atom. The smallest absolute Gasteiger partial charge is 0.359 e. The Morgan fingerprint density at radius 2 is 2.24 bits per heavy atom. The van der Waals surface area contributed by atoms with Crippen LogP contribution in [0.1, 0.15) is 0 Å². The summed E-state index contributed by atoms with van der Waals surface area (Å²) < 4.78 is 11.7. The van der Waals surface area contributed by atoms with Gasteiger partial charge in [-0.15, -0.1) is 11.3 Å². The van der Waals surface area contributed by atoms with Crippen molar-refractivity contribution in [2.45, 2.75) is 6.10 Å². The van der Waals surface area contributed by atoms with Crippen LogP contribution in [0, 0.1) is 0 Å². The first-order valence-corrected chi connectivity index (χ1v) is 6.30. The summed E-state index contributed by atoms with van der Waals surface area (Å²) in [5, 5.41) is 12.6. The molecule has 5 nitrogen and oxygen atoms in total. The van der Waals surface area contributed by atoms with E-state index in [1.54, 1.807) is 0 Å². The van der Waals surface area contributed by atoms with Gasteiger partial charge < -0.3 is 19.1 Å². The van der Waals surface area contributed by atoms with Crippen molar-refractivity contribution < 1.29 is 23.9 Å². The van der Waals surface area contributed by atoms with Gasteiger partial charge in [-0.2, -0.15) is 0 Å². The highest BCUT2D eigenvalue weighted by Crippen LogP contribution is 2.35. The molecule has 0 bridgehead atoms. The molecule has 1 atom stereocenters. The molecule has 0 saturated heterocycles. The molecular formula is C11H16NO4S+. The zero-order valence-corrected chi connectivity index (χ0v) is 10.7. The van der Waals surface area contributed by atoms with Crippen LogP contribution in [0.15, 0.2) is 10.8 Å². The Morgan fingerprint density at radius 3 is 2.94 bits per heavy atom. The number of ether oxygens (including phenoxy) is 2. The zero-order chi connectivity index (χ0) is 12.5. The first-order chi connectivity index (χ1) is 7.96. The molecule has 2 heterocycles. The van der Waals surface area contributed by atoms with Crippen molar-refractivity contribution in [3.8, 4) is 11.5 Å². The van der Waals surface area contributed by atoms with Gasteiger partial charge in [-0.1, -0.05) is 0 Å². The van der Waals surface area contributed by atoms with Crippen LogP contribution in [0.5, 0.6) is 11.5 Å². The number of fused-ring (bicyclic) bond motifs is 1. The Hall–Kier alpha value is -1.27. The van der Waals surface area contributed by atoms with Crippen molar-refractivity contribution in [1.29, 1.82) is 0 Å². The first-order valence-electron chi connectivity index (χ1n) is 5.36. The average molecular weight is 258 g/mol. The Bertz CT molecular complexity index is 415. The van der Waals surface area contributed by atoms with Crippen LogP contribution in [-0.2, 0) is 4.79 Å². The second kappa shape index (κ2) is 4.54. The molecule has 6 heteroatoms. The number of hydrogen-bond donors (Lipinski definition) is 1. The number of rotatable bonds is 4. The molecule has 17 heavy (non-hydrogen) atoms. The van der Waals surface area contributed by atoms with Gasteiger partial charge in [-0.3, -0.25) is 0 Å². The molecule has 94 valence electrons. The summed E-state index contributed by atoms with van der Waals surface area (Å²) in [6.07, 6.45) is -0.0913. The van der Waals surface area contributed by atoms with Gasteiger partial charge in [-0.25, -0.2) is 4.79 Å². The summed E-state index contributed by atoms with van der Waals surface area (Å²) in [4.78, 5) is 10.7. The fraction of sp³-hybridized carbons (Fsp3) is 0.545. The van der Waals surface area contributed by atoms with Crippen molar-refractivity contribution >= 4 is 17.3 Å². The van der Waals surface area contributed by atoms with Gasteiger partial charge in [0, 0.05) is 10.8 Å². The molecule has 0 saturated carbocycles. The number of carbonyl (C=O) groups is 1. The minimum Gasteiger partial charge on any atom is -0.485 e. The lowest BCUT2D eigenvalue weighted by molar-refractivity contribution is -0.885. The standard InChI is InChI=1S/C11H15NO4S/c1-12(2,4-11(13)14)3-8-5-15-9-6-17-7-10(9)16-8/h6-8H,3-5H2,1-2H3/p+1. The fourth-order valence-corrected chi connectivity index (χ4v) is 2.60. The molecule has 1 aromatic heterocycles.